The molecule has 0 bridgehead atoms. The maximum Gasteiger partial charge on any atom is 0.280 e. The van der Waals surface area contributed by atoms with Gasteiger partial charge in [-0.25, -0.2) is 13.2 Å². The van der Waals surface area contributed by atoms with Crippen molar-refractivity contribution in [3.63, 3.8) is 0 Å². The highest BCUT2D eigenvalue weighted by Crippen LogP contribution is 2.36. The third-order valence-corrected chi connectivity index (χ3v) is 5.08. The number of pyridine rings is 1. The highest BCUT2D eigenvalue weighted by atomic mass is 127. The van der Waals surface area contributed by atoms with Crippen molar-refractivity contribution in [1.82, 2.24) is 4.98 Å². The van der Waals surface area contributed by atoms with Crippen LogP contribution in [0.4, 0.5) is 13.2 Å². The minimum absolute atomic E-state index is 0.211. The molecule has 1 unspecified atom stereocenters. The molecule has 0 spiro atoms. The van der Waals surface area contributed by atoms with Crippen LogP contribution in [0.25, 0.3) is 11.1 Å². The number of aryl methyl sites for hydroxylation is 1. The van der Waals surface area contributed by atoms with Gasteiger partial charge >= 0.3 is 0 Å². The first-order valence-electron chi connectivity index (χ1n) is 8.32. The van der Waals surface area contributed by atoms with E-state index in [4.69, 9.17) is 0 Å². The normalized spacial score (nSPS) is 12.4. The summed E-state index contributed by atoms with van der Waals surface area (Å²) < 4.78 is 42.2. The Morgan fingerprint density at radius 3 is 2.41 bits per heavy atom. The van der Waals surface area contributed by atoms with Gasteiger partial charge in [0.1, 0.15) is 11.5 Å². The molecule has 0 fully saturated rings. The largest absolute Gasteiger partial charge is 0.395 e. The van der Waals surface area contributed by atoms with Crippen LogP contribution in [0.3, 0.4) is 0 Å². The lowest BCUT2D eigenvalue weighted by Crippen LogP contribution is -2.09. The summed E-state index contributed by atoms with van der Waals surface area (Å²) in [5, 5.41) is 10.0. The molecule has 2 nitrogen and oxygen atoms in total. The molecule has 1 atom stereocenters. The Balaban J connectivity index is 2.19. The molecular formula is C21H17F3INO. The van der Waals surface area contributed by atoms with Crippen LogP contribution in [0.5, 0.6) is 0 Å². The van der Waals surface area contributed by atoms with Gasteiger partial charge in [0.2, 0.25) is 0 Å². The van der Waals surface area contributed by atoms with Crippen molar-refractivity contribution >= 4 is 22.6 Å². The van der Waals surface area contributed by atoms with Crippen LogP contribution in [-0.4, -0.2) is 16.7 Å². The van der Waals surface area contributed by atoms with Gasteiger partial charge in [-0.15, -0.1) is 0 Å². The fraction of sp³-hybridized carbons (Fsp3) is 0.190. The SMILES string of the molecule is Cc1cc(-c2c(F)cccc2C(CO)c2ccc(I)cc2)cc(C(F)F)n1. The highest BCUT2D eigenvalue weighted by molar-refractivity contribution is 14.1. The number of alkyl halides is 2. The van der Waals surface area contributed by atoms with Crippen molar-refractivity contribution in [3.05, 3.63) is 86.5 Å². The van der Waals surface area contributed by atoms with Crippen LogP contribution < -0.4 is 0 Å². The minimum atomic E-state index is -2.75. The predicted octanol–water partition coefficient (Wildman–Crippen LogP) is 5.86. The van der Waals surface area contributed by atoms with Crippen molar-refractivity contribution in [2.45, 2.75) is 19.3 Å². The zero-order valence-corrected chi connectivity index (χ0v) is 16.6. The van der Waals surface area contributed by atoms with E-state index >= 15 is 0 Å². The summed E-state index contributed by atoms with van der Waals surface area (Å²) >= 11 is 2.18. The van der Waals surface area contributed by atoms with Gasteiger partial charge in [0, 0.05) is 20.7 Å². The number of benzene rings is 2. The fourth-order valence-corrected chi connectivity index (χ4v) is 3.52. The molecule has 3 aromatic rings. The van der Waals surface area contributed by atoms with Crippen molar-refractivity contribution in [1.29, 1.82) is 0 Å². The summed E-state index contributed by atoms with van der Waals surface area (Å²) in [6.07, 6.45) is -2.75. The van der Waals surface area contributed by atoms with Gasteiger partial charge in [-0.3, -0.25) is 4.98 Å². The van der Waals surface area contributed by atoms with Crippen molar-refractivity contribution in [2.75, 3.05) is 6.61 Å². The molecule has 0 aliphatic rings. The summed E-state index contributed by atoms with van der Waals surface area (Å²) in [4.78, 5) is 3.83. The van der Waals surface area contributed by atoms with E-state index in [9.17, 15) is 18.3 Å². The van der Waals surface area contributed by atoms with Gasteiger partial charge in [-0.05, 0) is 76.5 Å². The second kappa shape index (κ2) is 8.39. The molecule has 0 aliphatic carbocycles. The van der Waals surface area contributed by atoms with E-state index in [1.54, 1.807) is 25.1 Å². The van der Waals surface area contributed by atoms with Crippen LogP contribution in [0.1, 0.15) is 34.9 Å². The molecular weight excluding hydrogens is 466 g/mol. The highest BCUT2D eigenvalue weighted by Gasteiger charge is 2.22. The van der Waals surface area contributed by atoms with E-state index in [1.165, 1.54) is 12.1 Å². The Kier molecular flexibility index (Phi) is 6.16. The minimum Gasteiger partial charge on any atom is -0.395 e. The van der Waals surface area contributed by atoms with Crippen LogP contribution in [-0.2, 0) is 0 Å². The van der Waals surface area contributed by atoms with E-state index in [0.717, 1.165) is 9.13 Å². The number of aliphatic hydroxyl groups excluding tert-OH is 1. The molecule has 27 heavy (non-hydrogen) atoms. The second-order valence-electron chi connectivity index (χ2n) is 6.21. The Hall–Kier alpha value is -1.93. The van der Waals surface area contributed by atoms with E-state index in [1.807, 2.05) is 24.3 Å². The average molecular weight is 483 g/mol. The lowest BCUT2D eigenvalue weighted by Gasteiger charge is -2.20. The van der Waals surface area contributed by atoms with Gasteiger partial charge in [-0.1, -0.05) is 24.3 Å². The number of rotatable bonds is 5. The van der Waals surface area contributed by atoms with Crippen molar-refractivity contribution in [2.24, 2.45) is 0 Å². The molecule has 1 aromatic heterocycles. The van der Waals surface area contributed by atoms with Crippen LogP contribution in [0.15, 0.2) is 54.6 Å². The van der Waals surface area contributed by atoms with E-state index in [2.05, 4.69) is 27.6 Å². The summed E-state index contributed by atoms with van der Waals surface area (Å²) in [5.74, 6) is -1.00. The number of nitrogens with zero attached hydrogens (tertiary/aromatic N) is 1. The smallest absolute Gasteiger partial charge is 0.280 e. The zero-order chi connectivity index (χ0) is 19.6. The summed E-state index contributed by atoms with van der Waals surface area (Å²) in [6, 6.07) is 14.9. The number of halogens is 4. The van der Waals surface area contributed by atoms with Crippen LogP contribution in [0, 0.1) is 16.3 Å². The Bertz CT molecular complexity index is 945. The molecule has 1 N–H and O–H groups in total. The predicted molar refractivity (Wildman–Crippen MR) is 107 cm³/mol. The zero-order valence-electron chi connectivity index (χ0n) is 14.5. The summed E-state index contributed by atoms with van der Waals surface area (Å²) in [5.41, 5.74) is 1.90. The lowest BCUT2D eigenvalue weighted by molar-refractivity contribution is 0.146. The molecule has 3 rings (SSSR count). The monoisotopic (exact) mass is 483 g/mol. The molecule has 2 aromatic carbocycles. The van der Waals surface area contributed by atoms with E-state index in [-0.39, 0.29) is 12.2 Å². The van der Waals surface area contributed by atoms with Crippen molar-refractivity contribution < 1.29 is 18.3 Å². The standard InChI is InChI=1S/C21H17F3INO/c1-12-9-14(10-19(26-12)21(23)24)20-16(3-2-4-18(20)22)17(11-27)13-5-7-15(25)8-6-13/h2-10,17,21,27H,11H2,1H3. The fourth-order valence-electron chi connectivity index (χ4n) is 3.16. The number of hydrogen-bond donors (Lipinski definition) is 1. The maximum atomic E-state index is 14.8. The van der Waals surface area contributed by atoms with Gasteiger partial charge in [-0.2, -0.15) is 0 Å². The number of hydrogen-bond acceptors (Lipinski definition) is 2. The molecule has 1 heterocycles. The first-order valence-corrected chi connectivity index (χ1v) is 9.40. The van der Waals surface area contributed by atoms with E-state index in [0.29, 0.717) is 16.8 Å². The van der Waals surface area contributed by atoms with Crippen LogP contribution in [0.2, 0.25) is 0 Å². The molecule has 0 radical (unpaired) electrons. The first kappa shape index (κ1) is 19.8. The molecule has 0 amide bonds. The summed E-state index contributed by atoms with van der Waals surface area (Å²) in [6.45, 7) is 1.36. The maximum absolute atomic E-state index is 14.8. The van der Waals surface area contributed by atoms with Gasteiger partial charge in [0.25, 0.3) is 6.43 Å². The van der Waals surface area contributed by atoms with Crippen molar-refractivity contribution in [3.8, 4) is 11.1 Å². The first-order chi connectivity index (χ1) is 12.9. The molecule has 0 saturated carbocycles. The third-order valence-electron chi connectivity index (χ3n) is 4.36. The quantitative estimate of drug-likeness (QED) is 0.461. The van der Waals surface area contributed by atoms with Gasteiger partial charge in [0.05, 0.1) is 6.61 Å². The summed E-state index contributed by atoms with van der Waals surface area (Å²) in [7, 11) is 0. The average Bonchev–Trinajstić information content (AvgIpc) is 2.63. The molecule has 140 valence electrons. The lowest BCUT2D eigenvalue weighted by atomic mass is 9.86. The van der Waals surface area contributed by atoms with E-state index < -0.39 is 23.9 Å². The number of aromatic nitrogens is 1. The second-order valence-corrected chi connectivity index (χ2v) is 7.46. The Morgan fingerprint density at radius 2 is 1.78 bits per heavy atom. The third kappa shape index (κ3) is 4.32. The van der Waals surface area contributed by atoms with Gasteiger partial charge in [0.15, 0.2) is 0 Å². The topological polar surface area (TPSA) is 33.1 Å². The Labute approximate surface area is 169 Å². The molecule has 6 heteroatoms. The van der Waals surface area contributed by atoms with Gasteiger partial charge < -0.3 is 5.11 Å². The molecule has 0 aliphatic heterocycles. The number of aliphatic hydroxyl groups is 1. The molecule has 0 saturated heterocycles. The van der Waals surface area contributed by atoms with Crippen LogP contribution >= 0.6 is 22.6 Å². The Morgan fingerprint density at radius 1 is 1.07 bits per heavy atom.